The number of nitrogens with one attached hydrogen (secondary N) is 1. The van der Waals surface area contributed by atoms with Crippen molar-refractivity contribution in [3.05, 3.63) is 42.1 Å². The van der Waals surface area contributed by atoms with Gasteiger partial charge in [-0.2, -0.15) is 18.2 Å². The van der Waals surface area contributed by atoms with Crippen LogP contribution in [0.15, 0.2) is 36.5 Å². The minimum atomic E-state index is -4.43. The number of piperazine rings is 1. The molecule has 0 spiro atoms. The smallest absolute Gasteiger partial charge is 0.354 e. The lowest BCUT2D eigenvalue weighted by molar-refractivity contribution is -0.136. The summed E-state index contributed by atoms with van der Waals surface area (Å²) in [5.41, 5.74) is -0.792. The molecule has 5 nitrogen and oxygen atoms in total. The Morgan fingerprint density at radius 3 is 2.46 bits per heavy atom. The molecule has 0 saturated carbocycles. The number of nitrogens with zero attached hydrogens (tertiary/aromatic N) is 4. The minimum Gasteiger partial charge on any atom is -0.354 e. The molecule has 1 fully saturated rings. The van der Waals surface area contributed by atoms with Crippen molar-refractivity contribution in [1.29, 1.82) is 0 Å². The van der Waals surface area contributed by atoms with E-state index in [1.807, 2.05) is 0 Å². The molecule has 0 bridgehead atoms. The van der Waals surface area contributed by atoms with Crippen molar-refractivity contribution in [1.82, 2.24) is 14.9 Å². The van der Waals surface area contributed by atoms with Crippen molar-refractivity contribution in [2.45, 2.75) is 6.18 Å². The van der Waals surface area contributed by atoms with Gasteiger partial charge in [0, 0.05) is 32.4 Å². The van der Waals surface area contributed by atoms with Crippen molar-refractivity contribution >= 4 is 17.5 Å². The molecular weight excluding hydrogens is 319 g/mol. The number of halogens is 3. The number of para-hydroxylation sites is 1. The van der Waals surface area contributed by atoms with Gasteiger partial charge in [-0.15, -0.1) is 0 Å². The number of benzene rings is 1. The average Bonchev–Trinajstić information content (AvgIpc) is 2.55. The van der Waals surface area contributed by atoms with Crippen molar-refractivity contribution in [3.8, 4) is 0 Å². The second-order valence-electron chi connectivity index (χ2n) is 5.70. The van der Waals surface area contributed by atoms with Crippen molar-refractivity contribution < 1.29 is 13.2 Å². The molecule has 0 aliphatic carbocycles. The molecule has 1 N–H and O–H groups in total. The molecule has 0 radical (unpaired) electrons. The Labute approximate surface area is 138 Å². The molecule has 2 aromatic rings. The van der Waals surface area contributed by atoms with E-state index < -0.39 is 11.7 Å². The van der Waals surface area contributed by atoms with Crippen LogP contribution in [0.5, 0.6) is 0 Å². The zero-order valence-electron chi connectivity index (χ0n) is 13.2. The predicted molar refractivity (Wildman–Crippen MR) is 86.5 cm³/mol. The third kappa shape index (κ3) is 3.76. The molecule has 0 atom stereocenters. The summed E-state index contributed by atoms with van der Waals surface area (Å²) in [7, 11) is 2.05. The molecule has 2 heterocycles. The van der Waals surface area contributed by atoms with Gasteiger partial charge in [0.05, 0.1) is 11.3 Å². The van der Waals surface area contributed by atoms with E-state index in [0.29, 0.717) is 5.82 Å². The van der Waals surface area contributed by atoms with Crippen LogP contribution < -0.4 is 10.2 Å². The van der Waals surface area contributed by atoms with Crippen LogP contribution in [0, 0.1) is 0 Å². The van der Waals surface area contributed by atoms with Crippen LogP contribution in [0.4, 0.5) is 30.6 Å². The topological polar surface area (TPSA) is 44.3 Å². The number of anilines is 3. The van der Waals surface area contributed by atoms with Gasteiger partial charge in [-0.3, -0.25) is 0 Å². The first kappa shape index (κ1) is 16.5. The Kier molecular flexibility index (Phi) is 4.57. The Balaban J connectivity index is 1.81. The van der Waals surface area contributed by atoms with Gasteiger partial charge in [0.25, 0.3) is 0 Å². The zero-order chi connectivity index (χ0) is 17.2. The normalized spacial score (nSPS) is 16.2. The summed E-state index contributed by atoms with van der Waals surface area (Å²) in [6.07, 6.45) is -2.88. The summed E-state index contributed by atoms with van der Waals surface area (Å²) in [5, 5.41) is 2.69. The van der Waals surface area contributed by atoms with Crippen LogP contribution in [0.25, 0.3) is 0 Å². The van der Waals surface area contributed by atoms with Gasteiger partial charge >= 0.3 is 6.18 Å². The Bertz CT molecular complexity index is 696. The largest absolute Gasteiger partial charge is 0.418 e. The van der Waals surface area contributed by atoms with Gasteiger partial charge in [-0.25, -0.2) is 4.98 Å². The lowest BCUT2D eigenvalue weighted by Crippen LogP contribution is -2.44. The fourth-order valence-electron chi connectivity index (χ4n) is 2.58. The first-order chi connectivity index (χ1) is 11.4. The standard InChI is InChI=1S/C16H18F3N5/c1-23-8-10-24(11-9-23)14-6-7-20-15(22-14)21-13-5-3-2-4-12(13)16(17,18)19/h2-7H,8-11H2,1H3,(H,20,21,22). The molecule has 24 heavy (non-hydrogen) atoms. The zero-order valence-corrected chi connectivity index (χ0v) is 13.2. The highest BCUT2D eigenvalue weighted by atomic mass is 19.4. The number of aromatic nitrogens is 2. The lowest BCUT2D eigenvalue weighted by Gasteiger charge is -2.33. The summed E-state index contributed by atoms with van der Waals surface area (Å²) in [6, 6.07) is 7.07. The van der Waals surface area contributed by atoms with Gasteiger partial charge < -0.3 is 15.1 Å². The van der Waals surface area contributed by atoms with Crippen molar-refractivity contribution in [2.75, 3.05) is 43.4 Å². The third-order valence-electron chi connectivity index (χ3n) is 3.95. The number of likely N-dealkylation sites (N-methyl/N-ethyl adjacent to an activating group) is 1. The average molecular weight is 337 g/mol. The van der Waals surface area contributed by atoms with Gasteiger partial charge in [-0.1, -0.05) is 12.1 Å². The van der Waals surface area contributed by atoms with E-state index in [0.717, 1.165) is 32.2 Å². The van der Waals surface area contributed by atoms with Crippen LogP contribution in [0.3, 0.4) is 0 Å². The van der Waals surface area contributed by atoms with Crippen LogP contribution in [-0.4, -0.2) is 48.1 Å². The molecule has 3 rings (SSSR count). The van der Waals surface area contributed by atoms with Gasteiger partial charge in [-0.05, 0) is 25.2 Å². The predicted octanol–water partition coefficient (Wildman–Crippen LogP) is 2.99. The number of rotatable bonds is 3. The molecular formula is C16H18F3N5. The Morgan fingerprint density at radius 1 is 1.04 bits per heavy atom. The van der Waals surface area contributed by atoms with Gasteiger partial charge in [0.1, 0.15) is 5.82 Å². The number of hydrogen-bond donors (Lipinski definition) is 1. The molecule has 1 aliphatic rings. The minimum absolute atomic E-state index is 0.0551. The van der Waals surface area contributed by atoms with E-state index in [2.05, 4.69) is 32.1 Å². The number of alkyl halides is 3. The highest BCUT2D eigenvalue weighted by Gasteiger charge is 2.33. The third-order valence-corrected chi connectivity index (χ3v) is 3.95. The van der Waals surface area contributed by atoms with Crippen LogP contribution in [0.2, 0.25) is 0 Å². The van der Waals surface area contributed by atoms with E-state index in [1.165, 1.54) is 12.1 Å². The molecule has 1 aromatic carbocycles. The highest BCUT2D eigenvalue weighted by molar-refractivity contribution is 5.60. The molecule has 8 heteroatoms. The Morgan fingerprint density at radius 2 is 1.75 bits per heavy atom. The van der Waals surface area contributed by atoms with Gasteiger partial charge in [0.2, 0.25) is 5.95 Å². The number of hydrogen-bond acceptors (Lipinski definition) is 5. The van der Waals surface area contributed by atoms with E-state index >= 15 is 0 Å². The summed E-state index contributed by atoms with van der Waals surface area (Å²) in [5.74, 6) is 0.869. The monoisotopic (exact) mass is 337 g/mol. The molecule has 0 amide bonds. The summed E-state index contributed by atoms with van der Waals surface area (Å²) >= 11 is 0. The van der Waals surface area contributed by atoms with Crippen molar-refractivity contribution in [2.24, 2.45) is 0 Å². The van der Waals surface area contributed by atoms with Gasteiger partial charge in [0.15, 0.2) is 0 Å². The van der Waals surface area contributed by atoms with Crippen LogP contribution in [0.1, 0.15) is 5.56 Å². The summed E-state index contributed by atoms with van der Waals surface area (Å²) in [4.78, 5) is 12.7. The summed E-state index contributed by atoms with van der Waals surface area (Å²) in [6.45, 7) is 3.49. The van der Waals surface area contributed by atoms with E-state index in [4.69, 9.17) is 0 Å². The lowest BCUT2D eigenvalue weighted by atomic mass is 10.1. The molecule has 1 saturated heterocycles. The SMILES string of the molecule is CN1CCN(c2ccnc(Nc3ccccc3C(F)(F)F)n2)CC1. The maximum atomic E-state index is 13.1. The summed E-state index contributed by atoms with van der Waals surface area (Å²) < 4.78 is 39.2. The fraction of sp³-hybridized carbons (Fsp3) is 0.375. The van der Waals surface area contributed by atoms with E-state index in [-0.39, 0.29) is 11.6 Å². The van der Waals surface area contributed by atoms with E-state index in [1.54, 1.807) is 18.3 Å². The van der Waals surface area contributed by atoms with Crippen LogP contribution >= 0.6 is 0 Å². The first-order valence-electron chi connectivity index (χ1n) is 7.63. The maximum absolute atomic E-state index is 13.1. The highest BCUT2D eigenvalue weighted by Crippen LogP contribution is 2.35. The molecule has 0 unspecified atom stereocenters. The maximum Gasteiger partial charge on any atom is 0.418 e. The quantitative estimate of drug-likeness (QED) is 0.933. The molecule has 1 aliphatic heterocycles. The second-order valence-corrected chi connectivity index (χ2v) is 5.70. The van der Waals surface area contributed by atoms with Crippen LogP contribution in [-0.2, 0) is 6.18 Å². The first-order valence-corrected chi connectivity index (χ1v) is 7.63. The molecule has 1 aromatic heterocycles. The second kappa shape index (κ2) is 6.64. The fourth-order valence-corrected chi connectivity index (χ4v) is 2.58. The molecule has 128 valence electrons. The van der Waals surface area contributed by atoms with E-state index in [9.17, 15) is 13.2 Å². The van der Waals surface area contributed by atoms with Crippen molar-refractivity contribution in [3.63, 3.8) is 0 Å². The Hall–Kier alpha value is -2.35.